The Kier molecular flexibility index (Phi) is 4.39. The van der Waals surface area contributed by atoms with Crippen molar-refractivity contribution in [3.05, 3.63) is 60.9 Å². The van der Waals surface area contributed by atoms with Crippen LogP contribution >= 0.6 is 46.4 Å². The molecule has 0 aliphatic carbocycles. The Balaban J connectivity index is 2.17. The Morgan fingerprint density at radius 1 is 1.22 bits per heavy atom. The Morgan fingerprint density at radius 2 is 1.96 bits per heavy atom. The molecule has 3 rings (SSSR count). The van der Waals surface area contributed by atoms with Crippen molar-refractivity contribution >= 4 is 52.1 Å². The van der Waals surface area contributed by atoms with Gasteiger partial charge < -0.3 is 0 Å². The number of nitrogens with zero attached hydrogens (tertiary/aromatic N) is 4. The van der Waals surface area contributed by atoms with Crippen molar-refractivity contribution in [2.45, 2.75) is 13.3 Å². The Bertz CT molecular complexity index is 972. The molecule has 0 aliphatic rings. The second-order valence-corrected chi connectivity index (χ2v) is 6.45. The molecule has 0 saturated heterocycles. The summed E-state index contributed by atoms with van der Waals surface area (Å²) in [6.45, 7) is 1.81. The van der Waals surface area contributed by atoms with E-state index < -0.39 is 0 Å². The van der Waals surface area contributed by atoms with Crippen molar-refractivity contribution in [2.24, 2.45) is 0 Å². The van der Waals surface area contributed by atoms with Gasteiger partial charge in [0.1, 0.15) is 16.8 Å². The van der Waals surface area contributed by atoms with Crippen LogP contribution in [0.25, 0.3) is 5.65 Å². The van der Waals surface area contributed by atoms with Crippen LogP contribution in [0.4, 0.5) is 0 Å². The Morgan fingerprint density at radius 3 is 2.61 bits per heavy atom. The molecule has 0 unspecified atom stereocenters. The number of halogens is 4. The van der Waals surface area contributed by atoms with Crippen LogP contribution in [0.3, 0.4) is 0 Å². The molecule has 3 aromatic rings. The zero-order chi connectivity index (χ0) is 16.7. The van der Waals surface area contributed by atoms with Gasteiger partial charge >= 0.3 is 0 Å². The highest BCUT2D eigenvalue weighted by atomic mass is 35.5. The number of aryl methyl sites for hydroxylation is 1. The van der Waals surface area contributed by atoms with Crippen LogP contribution in [0, 0.1) is 18.3 Å². The minimum absolute atomic E-state index is 0.0722. The summed E-state index contributed by atoms with van der Waals surface area (Å²) in [5, 5.41) is 14.8. The summed E-state index contributed by atoms with van der Waals surface area (Å²) in [7, 11) is 0. The fourth-order valence-electron chi connectivity index (χ4n) is 2.28. The Hall–Kier alpha value is -1.51. The monoisotopic (exact) mass is 384 g/mol. The molecule has 8 heteroatoms. The minimum atomic E-state index is 0.0722. The molecular formula is C15H8Cl4N4. The first-order chi connectivity index (χ1) is 10.9. The molecule has 0 aliphatic heterocycles. The molecule has 116 valence electrons. The maximum atomic E-state index is 9.15. The summed E-state index contributed by atoms with van der Waals surface area (Å²) < 4.78 is 1.37. The number of fused-ring (bicyclic) bond motifs is 1. The van der Waals surface area contributed by atoms with Gasteiger partial charge in [-0.3, -0.25) is 0 Å². The van der Waals surface area contributed by atoms with E-state index in [4.69, 9.17) is 51.7 Å². The van der Waals surface area contributed by atoms with Crippen molar-refractivity contribution in [3.63, 3.8) is 0 Å². The highest BCUT2D eigenvalue weighted by Gasteiger charge is 2.19. The largest absolute Gasteiger partial charge is 0.232 e. The lowest BCUT2D eigenvalue weighted by atomic mass is 10.1. The lowest BCUT2D eigenvalue weighted by Gasteiger charge is -2.11. The molecule has 4 nitrogen and oxygen atoms in total. The lowest BCUT2D eigenvalue weighted by molar-refractivity contribution is 0.902. The third kappa shape index (κ3) is 2.86. The average molecular weight is 386 g/mol. The van der Waals surface area contributed by atoms with Gasteiger partial charge in [0.2, 0.25) is 0 Å². The minimum Gasteiger partial charge on any atom is -0.232 e. The van der Waals surface area contributed by atoms with E-state index in [0.717, 1.165) is 11.1 Å². The number of benzene rings is 1. The van der Waals surface area contributed by atoms with Gasteiger partial charge in [0.05, 0.1) is 0 Å². The molecule has 23 heavy (non-hydrogen) atoms. The van der Waals surface area contributed by atoms with Crippen molar-refractivity contribution in [3.8, 4) is 6.07 Å². The first-order valence-electron chi connectivity index (χ1n) is 6.49. The first kappa shape index (κ1) is 16.4. The number of rotatable bonds is 2. The predicted molar refractivity (Wildman–Crippen MR) is 91.7 cm³/mol. The van der Waals surface area contributed by atoms with Gasteiger partial charge in [0.25, 0.3) is 0 Å². The summed E-state index contributed by atoms with van der Waals surface area (Å²) in [4.78, 5) is 4.41. The Labute approximate surface area is 152 Å². The number of hydrogen-bond acceptors (Lipinski definition) is 3. The fourth-order valence-corrected chi connectivity index (χ4v) is 3.28. The smallest absolute Gasteiger partial charge is 0.176 e. The standard InChI is InChI=1S/C15H8Cl4N4/c1-7-10(4-8-2-3-9(16)5-12(8)17)14(19)23-15(21-7)11(6-20)13(18)22-23/h2-3,5H,4H2,1H3. The van der Waals surface area contributed by atoms with Gasteiger partial charge in [-0.25, -0.2) is 9.50 Å². The van der Waals surface area contributed by atoms with Gasteiger partial charge in [-0.1, -0.05) is 52.5 Å². The summed E-state index contributed by atoms with van der Waals surface area (Å²) in [5.74, 6) is 0. The van der Waals surface area contributed by atoms with Crippen LogP contribution < -0.4 is 0 Å². The van der Waals surface area contributed by atoms with Crippen LogP contribution in [0.15, 0.2) is 18.2 Å². The number of hydrogen-bond donors (Lipinski definition) is 0. The van der Waals surface area contributed by atoms with Gasteiger partial charge in [0.15, 0.2) is 10.8 Å². The van der Waals surface area contributed by atoms with Gasteiger partial charge in [0, 0.05) is 27.7 Å². The second kappa shape index (κ2) is 6.18. The topological polar surface area (TPSA) is 54.0 Å². The predicted octanol–water partition coefficient (Wildman–Crippen LogP) is 5.11. The van der Waals surface area contributed by atoms with Crippen LogP contribution in [-0.2, 0) is 6.42 Å². The molecule has 0 N–H and O–H groups in total. The van der Waals surface area contributed by atoms with E-state index in [-0.39, 0.29) is 10.7 Å². The highest BCUT2D eigenvalue weighted by molar-refractivity contribution is 6.35. The number of nitriles is 1. The van der Waals surface area contributed by atoms with Crippen molar-refractivity contribution in [2.75, 3.05) is 0 Å². The fraction of sp³-hybridized carbons (Fsp3) is 0.133. The first-order valence-corrected chi connectivity index (χ1v) is 8.00. The van der Waals surface area contributed by atoms with E-state index >= 15 is 0 Å². The van der Waals surface area contributed by atoms with Gasteiger partial charge in [-0.05, 0) is 24.6 Å². The zero-order valence-electron chi connectivity index (χ0n) is 11.7. The molecule has 0 fully saturated rings. The molecule has 0 spiro atoms. The second-order valence-electron chi connectivity index (χ2n) is 4.89. The van der Waals surface area contributed by atoms with E-state index in [9.17, 15) is 0 Å². The summed E-state index contributed by atoms with van der Waals surface area (Å²) in [6, 6.07) is 7.25. The van der Waals surface area contributed by atoms with Crippen LogP contribution in [0.2, 0.25) is 20.4 Å². The summed E-state index contributed by atoms with van der Waals surface area (Å²) in [5.41, 5.74) is 2.84. The van der Waals surface area contributed by atoms with Gasteiger partial charge in [-0.2, -0.15) is 10.4 Å². The molecule has 0 saturated carbocycles. The SMILES string of the molecule is Cc1nc2c(C#N)c(Cl)nn2c(Cl)c1Cc1ccc(Cl)cc1Cl. The van der Waals surface area contributed by atoms with Crippen molar-refractivity contribution < 1.29 is 0 Å². The molecule has 2 aromatic heterocycles. The van der Waals surface area contributed by atoms with Crippen LogP contribution in [0.5, 0.6) is 0 Å². The molecule has 0 radical (unpaired) electrons. The van der Waals surface area contributed by atoms with Crippen LogP contribution in [-0.4, -0.2) is 14.6 Å². The molecule has 0 bridgehead atoms. The quantitative estimate of drug-likeness (QED) is 0.575. The lowest BCUT2D eigenvalue weighted by Crippen LogP contribution is -2.04. The highest BCUT2D eigenvalue weighted by Crippen LogP contribution is 2.30. The molecule has 0 atom stereocenters. The summed E-state index contributed by atoms with van der Waals surface area (Å²) in [6.07, 6.45) is 0.461. The van der Waals surface area contributed by atoms with E-state index in [2.05, 4.69) is 10.1 Å². The number of aromatic nitrogens is 3. The van der Waals surface area contributed by atoms with E-state index in [1.165, 1.54) is 4.52 Å². The van der Waals surface area contributed by atoms with Crippen molar-refractivity contribution in [1.82, 2.24) is 14.6 Å². The van der Waals surface area contributed by atoms with Crippen LogP contribution in [0.1, 0.15) is 22.4 Å². The third-order valence-electron chi connectivity index (χ3n) is 3.46. The maximum absolute atomic E-state index is 9.15. The molecule has 1 aromatic carbocycles. The van der Waals surface area contributed by atoms with E-state index in [0.29, 0.717) is 33.0 Å². The normalized spacial score (nSPS) is 11.0. The van der Waals surface area contributed by atoms with Gasteiger partial charge in [-0.15, -0.1) is 0 Å². The third-order valence-corrected chi connectivity index (χ3v) is 4.70. The van der Waals surface area contributed by atoms with E-state index in [1.54, 1.807) is 12.1 Å². The molecular weight excluding hydrogens is 378 g/mol. The summed E-state index contributed by atoms with van der Waals surface area (Å²) >= 11 is 24.5. The van der Waals surface area contributed by atoms with Crippen molar-refractivity contribution in [1.29, 1.82) is 5.26 Å². The van der Waals surface area contributed by atoms with E-state index in [1.807, 2.05) is 19.1 Å². The zero-order valence-corrected chi connectivity index (χ0v) is 14.8. The maximum Gasteiger partial charge on any atom is 0.176 e. The molecule has 0 amide bonds. The average Bonchev–Trinajstić information content (AvgIpc) is 2.81. The molecule has 2 heterocycles.